The van der Waals surface area contributed by atoms with Crippen molar-refractivity contribution in [3.63, 3.8) is 0 Å². The van der Waals surface area contributed by atoms with Crippen molar-refractivity contribution in [3.05, 3.63) is 72.3 Å². The van der Waals surface area contributed by atoms with Gasteiger partial charge in [-0.1, -0.05) is 48.5 Å². The summed E-state index contributed by atoms with van der Waals surface area (Å²) in [6.45, 7) is 2.48. The zero-order chi connectivity index (χ0) is 15.4. The van der Waals surface area contributed by atoms with Crippen molar-refractivity contribution >= 4 is 22.4 Å². The van der Waals surface area contributed by atoms with Crippen molar-refractivity contribution in [1.29, 1.82) is 0 Å². The predicted octanol–water partition coefficient (Wildman–Crippen LogP) is 4.49. The molecular formula is C19H17NO2. The van der Waals surface area contributed by atoms with Crippen molar-refractivity contribution in [1.82, 2.24) is 0 Å². The Bertz CT molecular complexity index is 797. The Morgan fingerprint density at radius 3 is 2.45 bits per heavy atom. The molecule has 0 heterocycles. The standard InChI is InChI=1S/C19H17NO2/c1-2-22-18-16-11-7-6-8-14(16)12-13-17(18)20-19(21)15-9-4-3-5-10-15/h3-13H,2H2,1H3,(H,20,21). The number of carbonyl (C=O) groups excluding carboxylic acids is 1. The lowest BCUT2D eigenvalue weighted by Gasteiger charge is -2.14. The van der Waals surface area contributed by atoms with Crippen LogP contribution >= 0.6 is 0 Å². The summed E-state index contributed by atoms with van der Waals surface area (Å²) in [4.78, 5) is 12.3. The lowest BCUT2D eigenvalue weighted by Crippen LogP contribution is -2.13. The molecule has 0 bridgehead atoms. The van der Waals surface area contributed by atoms with Gasteiger partial charge in [0.15, 0.2) is 5.75 Å². The summed E-state index contributed by atoms with van der Waals surface area (Å²) in [5.74, 6) is 0.571. The molecule has 0 saturated carbocycles. The van der Waals surface area contributed by atoms with Gasteiger partial charge in [0.05, 0.1) is 12.3 Å². The molecule has 1 amide bonds. The number of nitrogens with one attached hydrogen (secondary N) is 1. The summed E-state index contributed by atoms with van der Waals surface area (Å²) in [6.07, 6.45) is 0. The average molecular weight is 291 g/mol. The van der Waals surface area contributed by atoms with Gasteiger partial charge < -0.3 is 10.1 Å². The van der Waals surface area contributed by atoms with E-state index in [-0.39, 0.29) is 5.91 Å². The summed E-state index contributed by atoms with van der Waals surface area (Å²) in [5, 5.41) is 5.02. The molecular weight excluding hydrogens is 274 g/mol. The summed E-state index contributed by atoms with van der Waals surface area (Å²) in [5.41, 5.74) is 1.31. The van der Waals surface area contributed by atoms with Crippen LogP contribution in [0.25, 0.3) is 10.8 Å². The van der Waals surface area contributed by atoms with Gasteiger partial charge in [0.25, 0.3) is 5.91 Å². The van der Waals surface area contributed by atoms with Gasteiger partial charge in [-0.05, 0) is 30.5 Å². The lowest BCUT2D eigenvalue weighted by molar-refractivity contribution is 0.102. The van der Waals surface area contributed by atoms with Gasteiger partial charge in [0, 0.05) is 10.9 Å². The van der Waals surface area contributed by atoms with E-state index in [4.69, 9.17) is 4.74 Å². The van der Waals surface area contributed by atoms with Crippen molar-refractivity contribution in [2.45, 2.75) is 6.92 Å². The molecule has 3 aromatic carbocycles. The molecule has 0 spiro atoms. The fourth-order valence-corrected chi connectivity index (χ4v) is 2.43. The van der Waals surface area contributed by atoms with Crippen LogP contribution in [0.4, 0.5) is 5.69 Å². The number of hydrogen-bond acceptors (Lipinski definition) is 2. The van der Waals surface area contributed by atoms with E-state index in [1.807, 2.05) is 61.5 Å². The number of carbonyl (C=O) groups is 1. The maximum Gasteiger partial charge on any atom is 0.255 e. The highest BCUT2D eigenvalue weighted by Gasteiger charge is 2.12. The second-order valence-corrected chi connectivity index (χ2v) is 4.92. The van der Waals surface area contributed by atoms with Crippen LogP contribution in [0.1, 0.15) is 17.3 Å². The Kier molecular flexibility index (Phi) is 4.05. The van der Waals surface area contributed by atoms with E-state index < -0.39 is 0 Å². The normalized spacial score (nSPS) is 10.4. The molecule has 0 fully saturated rings. The van der Waals surface area contributed by atoms with Crippen LogP contribution in [-0.4, -0.2) is 12.5 Å². The zero-order valence-corrected chi connectivity index (χ0v) is 12.4. The Hall–Kier alpha value is -2.81. The van der Waals surface area contributed by atoms with Crippen LogP contribution in [0.15, 0.2) is 66.7 Å². The van der Waals surface area contributed by atoms with E-state index in [0.717, 1.165) is 10.8 Å². The largest absolute Gasteiger partial charge is 0.491 e. The van der Waals surface area contributed by atoms with Gasteiger partial charge in [0.1, 0.15) is 0 Å². The van der Waals surface area contributed by atoms with Crippen LogP contribution in [0, 0.1) is 0 Å². The summed E-state index contributed by atoms with van der Waals surface area (Å²) < 4.78 is 5.77. The van der Waals surface area contributed by atoms with Gasteiger partial charge in [-0.25, -0.2) is 0 Å². The number of ether oxygens (including phenoxy) is 1. The highest BCUT2D eigenvalue weighted by Crippen LogP contribution is 2.34. The smallest absolute Gasteiger partial charge is 0.255 e. The minimum absolute atomic E-state index is 0.142. The Morgan fingerprint density at radius 1 is 0.955 bits per heavy atom. The Labute approximate surface area is 129 Å². The molecule has 0 aliphatic heterocycles. The molecule has 0 radical (unpaired) electrons. The van der Waals surface area contributed by atoms with Crippen molar-refractivity contribution in [2.24, 2.45) is 0 Å². The van der Waals surface area contributed by atoms with Crippen LogP contribution in [0.5, 0.6) is 5.75 Å². The molecule has 0 atom stereocenters. The van der Waals surface area contributed by atoms with Gasteiger partial charge >= 0.3 is 0 Å². The Balaban J connectivity index is 1.99. The third-order valence-electron chi connectivity index (χ3n) is 3.45. The van der Waals surface area contributed by atoms with E-state index in [9.17, 15) is 4.79 Å². The number of amides is 1. The second kappa shape index (κ2) is 6.31. The Morgan fingerprint density at radius 2 is 1.68 bits per heavy atom. The maximum absolute atomic E-state index is 12.3. The average Bonchev–Trinajstić information content (AvgIpc) is 2.58. The topological polar surface area (TPSA) is 38.3 Å². The highest BCUT2D eigenvalue weighted by atomic mass is 16.5. The predicted molar refractivity (Wildman–Crippen MR) is 89.5 cm³/mol. The highest BCUT2D eigenvalue weighted by molar-refractivity contribution is 6.07. The first-order chi connectivity index (χ1) is 10.8. The van der Waals surface area contributed by atoms with Gasteiger partial charge in [-0.15, -0.1) is 0 Å². The molecule has 3 rings (SSSR count). The van der Waals surface area contributed by atoms with Crippen LogP contribution in [-0.2, 0) is 0 Å². The number of hydrogen-bond donors (Lipinski definition) is 1. The van der Waals surface area contributed by atoms with Crippen LogP contribution < -0.4 is 10.1 Å². The first kappa shape index (κ1) is 14.1. The summed E-state index contributed by atoms with van der Waals surface area (Å²) in [7, 11) is 0. The SMILES string of the molecule is CCOc1c(NC(=O)c2ccccc2)ccc2ccccc12. The third kappa shape index (κ3) is 2.79. The molecule has 0 aliphatic rings. The molecule has 110 valence electrons. The molecule has 0 unspecified atom stereocenters. The fourth-order valence-electron chi connectivity index (χ4n) is 2.43. The summed E-state index contributed by atoms with van der Waals surface area (Å²) >= 11 is 0. The van der Waals surface area contributed by atoms with Crippen molar-refractivity contribution < 1.29 is 9.53 Å². The molecule has 3 nitrogen and oxygen atoms in total. The minimum Gasteiger partial charge on any atom is -0.491 e. The van der Waals surface area contributed by atoms with Crippen LogP contribution in [0.2, 0.25) is 0 Å². The quantitative estimate of drug-likeness (QED) is 0.769. The summed E-state index contributed by atoms with van der Waals surface area (Å²) in [6, 6.07) is 21.0. The fraction of sp³-hybridized carbons (Fsp3) is 0.105. The van der Waals surface area contributed by atoms with E-state index in [1.54, 1.807) is 12.1 Å². The van der Waals surface area contributed by atoms with Crippen molar-refractivity contribution in [3.8, 4) is 5.75 Å². The minimum atomic E-state index is -0.142. The first-order valence-electron chi connectivity index (χ1n) is 7.30. The third-order valence-corrected chi connectivity index (χ3v) is 3.45. The molecule has 3 heteroatoms. The number of benzene rings is 3. The zero-order valence-electron chi connectivity index (χ0n) is 12.4. The van der Waals surface area contributed by atoms with Gasteiger partial charge in [-0.2, -0.15) is 0 Å². The molecule has 0 saturated heterocycles. The number of rotatable bonds is 4. The number of fused-ring (bicyclic) bond motifs is 1. The van der Waals surface area contributed by atoms with E-state index >= 15 is 0 Å². The molecule has 3 aromatic rings. The van der Waals surface area contributed by atoms with Crippen LogP contribution in [0.3, 0.4) is 0 Å². The monoisotopic (exact) mass is 291 g/mol. The van der Waals surface area contributed by atoms with Gasteiger partial charge in [-0.3, -0.25) is 4.79 Å². The first-order valence-corrected chi connectivity index (χ1v) is 7.30. The van der Waals surface area contributed by atoms with E-state index in [1.165, 1.54) is 0 Å². The molecule has 0 aliphatic carbocycles. The lowest BCUT2D eigenvalue weighted by atomic mass is 10.1. The maximum atomic E-state index is 12.3. The van der Waals surface area contributed by atoms with E-state index in [0.29, 0.717) is 23.6 Å². The second-order valence-electron chi connectivity index (χ2n) is 4.92. The molecule has 22 heavy (non-hydrogen) atoms. The van der Waals surface area contributed by atoms with E-state index in [2.05, 4.69) is 5.32 Å². The van der Waals surface area contributed by atoms with Gasteiger partial charge in [0.2, 0.25) is 0 Å². The number of anilines is 1. The molecule has 0 aromatic heterocycles. The molecule has 1 N–H and O–H groups in total. The van der Waals surface area contributed by atoms with Crippen molar-refractivity contribution in [2.75, 3.05) is 11.9 Å².